The van der Waals surface area contributed by atoms with Crippen LogP contribution in [-0.2, 0) is 23.8 Å². The van der Waals surface area contributed by atoms with Gasteiger partial charge in [0.1, 0.15) is 30.4 Å². The highest BCUT2D eigenvalue weighted by molar-refractivity contribution is 6.01. The maximum atomic E-state index is 14.1. The van der Waals surface area contributed by atoms with Gasteiger partial charge in [-0.05, 0) is 44.0 Å². The Balaban J connectivity index is 1.27. The molecule has 0 radical (unpaired) electrons. The lowest BCUT2D eigenvalue weighted by Crippen LogP contribution is -2.62. The van der Waals surface area contributed by atoms with Gasteiger partial charge < -0.3 is 29.3 Å². The summed E-state index contributed by atoms with van der Waals surface area (Å²) in [6.07, 6.45) is 3.07. The lowest BCUT2D eigenvalue weighted by Gasteiger charge is -2.40. The fourth-order valence-corrected chi connectivity index (χ4v) is 6.57. The summed E-state index contributed by atoms with van der Waals surface area (Å²) in [6, 6.07) is 7.02. The molecule has 4 aliphatic rings. The number of Topliss-reactive ketones (excluding diaryl/α,β-unsaturated/α-hetero) is 1. The second-order valence-electron chi connectivity index (χ2n) is 11.1. The van der Waals surface area contributed by atoms with Crippen molar-refractivity contribution in [1.82, 2.24) is 15.1 Å². The number of methoxy groups -OCH3 is 1. The van der Waals surface area contributed by atoms with E-state index in [4.69, 9.17) is 14.2 Å². The van der Waals surface area contributed by atoms with Crippen LogP contribution in [0.25, 0.3) is 0 Å². The van der Waals surface area contributed by atoms with Crippen molar-refractivity contribution in [3.63, 3.8) is 0 Å². The van der Waals surface area contributed by atoms with E-state index >= 15 is 0 Å². The summed E-state index contributed by atoms with van der Waals surface area (Å²) in [7, 11) is 1.73. The van der Waals surface area contributed by atoms with Crippen LogP contribution in [-0.4, -0.2) is 117 Å². The Kier molecular flexibility index (Phi) is 8.86. The van der Waals surface area contributed by atoms with Crippen LogP contribution in [0.3, 0.4) is 0 Å². The van der Waals surface area contributed by atoms with Gasteiger partial charge in [-0.15, -0.1) is 0 Å². The standard InChI is InChI=1S/C29H42N4O6/c1-3-38-24-19-33(25-23(34)20-39-26(24)25)28(36)29(11-5-4-6-12-29)30-27(35)21-7-9-22(10-8-21)32-15-13-31(14-16-32)17-18-37-2/h7-10,24-26H,3-6,11-20H2,1-2H3,(H,30,35)/t24-,25+,26+/m0/s1. The van der Waals surface area contributed by atoms with Gasteiger partial charge in [0.25, 0.3) is 5.91 Å². The molecule has 1 saturated carbocycles. The number of ketones is 1. The lowest BCUT2D eigenvalue weighted by molar-refractivity contribution is -0.143. The van der Waals surface area contributed by atoms with Gasteiger partial charge >= 0.3 is 0 Å². The van der Waals surface area contributed by atoms with Crippen LogP contribution in [0.2, 0.25) is 0 Å². The molecule has 10 heteroatoms. The average Bonchev–Trinajstić information content (AvgIpc) is 3.53. The van der Waals surface area contributed by atoms with Gasteiger partial charge in [0.2, 0.25) is 5.91 Å². The number of hydrogen-bond donors (Lipinski definition) is 1. The topological polar surface area (TPSA) is 101 Å². The molecule has 2 amide bonds. The zero-order valence-electron chi connectivity index (χ0n) is 23.2. The molecular formula is C29H42N4O6. The van der Waals surface area contributed by atoms with E-state index in [2.05, 4.69) is 15.1 Å². The second kappa shape index (κ2) is 12.3. The number of benzene rings is 1. The highest BCUT2D eigenvalue weighted by Gasteiger charge is 2.56. The van der Waals surface area contributed by atoms with Gasteiger partial charge in [-0.2, -0.15) is 0 Å². The highest BCUT2D eigenvalue weighted by atomic mass is 16.6. The van der Waals surface area contributed by atoms with Crippen LogP contribution < -0.4 is 10.2 Å². The summed E-state index contributed by atoms with van der Waals surface area (Å²) < 4.78 is 16.7. The van der Waals surface area contributed by atoms with E-state index in [1.54, 1.807) is 12.0 Å². The number of carbonyl (C=O) groups excluding carboxylic acids is 3. The molecule has 1 N–H and O–H groups in total. The Bertz CT molecular complexity index is 1020. The zero-order valence-corrected chi connectivity index (χ0v) is 23.2. The molecule has 39 heavy (non-hydrogen) atoms. The third kappa shape index (κ3) is 5.84. The van der Waals surface area contributed by atoms with Crippen molar-refractivity contribution in [2.75, 3.05) is 71.1 Å². The highest BCUT2D eigenvalue weighted by Crippen LogP contribution is 2.36. The summed E-state index contributed by atoms with van der Waals surface area (Å²) in [5.41, 5.74) is 0.592. The summed E-state index contributed by atoms with van der Waals surface area (Å²) in [6.45, 7) is 8.17. The summed E-state index contributed by atoms with van der Waals surface area (Å²) in [4.78, 5) is 46.7. The maximum Gasteiger partial charge on any atom is 0.252 e. The van der Waals surface area contributed by atoms with E-state index in [0.717, 1.165) is 64.3 Å². The van der Waals surface area contributed by atoms with Crippen LogP contribution in [0.5, 0.6) is 0 Å². The number of piperazine rings is 1. The predicted molar refractivity (Wildman–Crippen MR) is 146 cm³/mol. The quantitative estimate of drug-likeness (QED) is 0.501. The van der Waals surface area contributed by atoms with Gasteiger partial charge in [0.15, 0.2) is 5.78 Å². The van der Waals surface area contributed by atoms with E-state index < -0.39 is 17.7 Å². The second-order valence-corrected chi connectivity index (χ2v) is 11.1. The average molecular weight is 543 g/mol. The molecule has 1 aliphatic carbocycles. The first-order valence-corrected chi connectivity index (χ1v) is 14.4. The first-order valence-electron chi connectivity index (χ1n) is 14.4. The van der Waals surface area contributed by atoms with Crippen LogP contribution in [0.15, 0.2) is 24.3 Å². The Morgan fingerprint density at radius 2 is 1.79 bits per heavy atom. The molecule has 3 saturated heterocycles. The van der Waals surface area contributed by atoms with Gasteiger partial charge in [-0.1, -0.05) is 19.3 Å². The number of likely N-dealkylation sites (tertiary alicyclic amines) is 1. The number of rotatable bonds is 9. The normalized spacial score (nSPS) is 27.0. The molecule has 0 aromatic heterocycles. The van der Waals surface area contributed by atoms with Crippen LogP contribution in [0, 0.1) is 0 Å². The summed E-state index contributed by atoms with van der Waals surface area (Å²) in [5, 5.41) is 3.14. The molecule has 0 spiro atoms. The Hall–Kier alpha value is -2.53. The van der Waals surface area contributed by atoms with Gasteiger partial charge in [0, 0.05) is 57.7 Å². The molecule has 10 nitrogen and oxygen atoms in total. The third-order valence-corrected chi connectivity index (χ3v) is 8.73. The van der Waals surface area contributed by atoms with E-state index in [0.29, 0.717) is 31.6 Å². The SMILES string of the molecule is CCO[C@H]1CN(C(=O)C2(NC(=O)c3ccc(N4CCN(CCOC)CC4)cc3)CCCCC2)[C@@H]2C(=O)CO[C@H]12. The van der Waals surface area contributed by atoms with Gasteiger partial charge in [0.05, 0.1) is 13.2 Å². The third-order valence-electron chi connectivity index (χ3n) is 8.73. The smallest absolute Gasteiger partial charge is 0.252 e. The van der Waals surface area contributed by atoms with Crippen LogP contribution >= 0.6 is 0 Å². The zero-order chi connectivity index (χ0) is 27.4. The summed E-state index contributed by atoms with van der Waals surface area (Å²) >= 11 is 0. The Morgan fingerprint density at radius 3 is 2.46 bits per heavy atom. The van der Waals surface area contributed by atoms with Gasteiger partial charge in [-0.3, -0.25) is 19.3 Å². The minimum absolute atomic E-state index is 0.00337. The molecule has 0 bridgehead atoms. The van der Waals surface area contributed by atoms with Crippen molar-refractivity contribution >= 4 is 23.3 Å². The van der Waals surface area contributed by atoms with Gasteiger partial charge in [-0.25, -0.2) is 0 Å². The molecule has 5 rings (SSSR count). The number of nitrogens with zero attached hydrogens (tertiary/aromatic N) is 3. The minimum Gasteiger partial charge on any atom is -0.383 e. The molecule has 214 valence electrons. The van der Waals surface area contributed by atoms with Crippen LogP contribution in [0.1, 0.15) is 49.4 Å². The van der Waals surface area contributed by atoms with Crippen molar-refractivity contribution in [2.24, 2.45) is 0 Å². The van der Waals surface area contributed by atoms with Crippen molar-refractivity contribution in [3.8, 4) is 0 Å². The van der Waals surface area contributed by atoms with E-state index in [1.165, 1.54) is 0 Å². The molecule has 4 fully saturated rings. The van der Waals surface area contributed by atoms with Crippen molar-refractivity contribution in [3.05, 3.63) is 29.8 Å². The van der Waals surface area contributed by atoms with Crippen molar-refractivity contribution in [2.45, 2.75) is 62.8 Å². The number of anilines is 1. The molecular weight excluding hydrogens is 500 g/mol. The maximum absolute atomic E-state index is 14.1. The number of carbonyl (C=O) groups is 3. The van der Waals surface area contributed by atoms with Crippen molar-refractivity contribution < 1.29 is 28.6 Å². The molecule has 3 atom stereocenters. The lowest BCUT2D eigenvalue weighted by atomic mass is 9.80. The molecule has 1 aromatic carbocycles. The monoisotopic (exact) mass is 542 g/mol. The fraction of sp³-hybridized carbons (Fsp3) is 0.690. The Morgan fingerprint density at radius 1 is 1.08 bits per heavy atom. The first kappa shape index (κ1) is 28.0. The number of hydrogen-bond acceptors (Lipinski definition) is 8. The summed E-state index contributed by atoms with van der Waals surface area (Å²) in [5.74, 6) is -0.537. The number of fused-ring (bicyclic) bond motifs is 1. The first-order chi connectivity index (χ1) is 19.0. The van der Waals surface area contributed by atoms with Crippen molar-refractivity contribution in [1.29, 1.82) is 0 Å². The number of nitrogens with one attached hydrogen (secondary N) is 1. The van der Waals surface area contributed by atoms with Crippen LogP contribution in [0.4, 0.5) is 5.69 Å². The molecule has 1 aromatic rings. The minimum atomic E-state index is -1.03. The molecule has 0 unspecified atom stereocenters. The largest absolute Gasteiger partial charge is 0.383 e. The fourth-order valence-electron chi connectivity index (χ4n) is 6.57. The van der Waals surface area contributed by atoms with E-state index in [9.17, 15) is 14.4 Å². The number of amides is 2. The van der Waals surface area contributed by atoms with E-state index in [-0.39, 0.29) is 30.3 Å². The Labute approximate surface area is 230 Å². The molecule has 3 heterocycles. The van der Waals surface area contributed by atoms with E-state index in [1.807, 2.05) is 31.2 Å². The molecule has 3 aliphatic heterocycles. The number of ether oxygens (including phenoxy) is 3. The predicted octanol–water partition coefficient (Wildman–Crippen LogP) is 1.47.